The van der Waals surface area contributed by atoms with Gasteiger partial charge >= 0.3 is 0 Å². The van der Waals surface area contributed by atoms with Gasteiger partial charge < -0.3 is 0 Å². The summed E-state index contributed by atoms with van der Waals surface area (Å²) < 4.78 is 3.03. The molecule has 0 radical (unpaired) electrons. The van der Waals surface area contributed by atoms with Crippen molar-refractivity contribution in [2.75, 3.05) is 0 Å². The molecule has 1 nitrogen and oxygen atoms in total. The van der Waals surface area contributed by atoms with E-state index in [-0.39, 0.29) is 5.50 Å². The number of hydrogen-bond acceptors (Lipinski definition) is 0. The molecule has 0 N–H and O–H groups in total. The predicted molar refractivity (Wildman–Crippen MR) is 64.8 cm³/mol. The second-order valence-electron chi connectivity index (χ2n) is 3.21. The number of pyridine rings is 1. The van der Waals surface area contributed by atoms with Crippen LogP contribution < -0.4 is 4.57 Å². The van der Waals surface area contributed by atoms with E-state index in [0.717, 1.165) is 10.0 Å². The minimum Gasteiger partial charge on any atom is -0.184 e. The van der Waals surface area contributed by atoms with Crippen LogP contribution >= 0.6 is 27.5 Å². The summed E-state index contributed by atoms with van der Waals surface area (Å²) in [4.78, 5) is 0. The molecule has 1 heterocycles. The number of halogens is 2. The minimum atomic E-state index is -0.153. The number of rotatable bonds is 2. The van der Waals surface area contributed by atoms with Crippen LogP contribution in [0.1, 0.15) is 11.1 Å². The monoisotopic (exact) mass is 282 g/mol. The minimum absolute atomic E-state index is 0.153. The van der Waals surface area contributed by atoms with Crippen LogP contribution in [0.2, 0.25) is 0 Å². The van der Waals surface area contributed by atoms with Crippen LogP contribution in [0.15, 0.2) is 59.3 Å². The van der Waals surface area contributed by atoms with Gasteiger partial charge in [0.2, 0.25) is 0 Å². The van der Waals surface area contributed by atoms with Crippen LogP contribution in [0.3, 0.4) is 0 Å². The first-order valence-corrected chi connectivity index (χ1v) is 5.85. The molecule has 3 heteroatoms. The second kappa shape index (κ2) is 4.77. The Morgan fingerprint density at radius 2 is 1.60 bits per heavy atom. The van der Waals surface area contributed by atoms with Crippen molar-refractivity contribution >= 4 is 27.5 Å². The third-order valence-corrected chi connectivity index (χ3v) is 3.15. The Bertz CT molecular complexity index is 427. The highest BCUT2D eigenvalue weighted by Gasteiger charge is 2.15. The SMILES string of the molecule is ClC(c1ccc(Br)cc1)[n+]1ccccc1. The molecule has 76 valence electrons. The van der Waals surface area contributed by atoms with E-state index in [4.69, 9.17) is 11.6 Å². The number of hydrogen-bond donors (Lipinski definition) is 0. The third-order valence-electron chi connectivity index (χ3n) is 2.15. The molecule has 0 amide bonds. The van der Waals surface area contributed by atoms with Crippen molar-refractivity contribution in [1.29, 1.82) is 0 Å². The standard InChI is InChI=1S/C12H10BrClN/c13-11-6-4-10(5-7-11)12(14)15-8-2-1-3-9-15/h1-9,12H/q+1. The topological polar surface area (TPSA) is 3.88 Å². The summed E-state index contributed by atoms with van der Waals surface area (Å²) in [6, 6.07) is 13.9. The molecule has 0 saturated heterocycles. The molecule has 0 saturated carbocycles. The van der Waals surface area contributed by atoms with Gasteiger partial charge in [0.05, 0.1) is 0 Å². The van der Waals surface area contributed by atoms with Gasteiger partial charge in [-0.15, -0.1) is 0 Å². The zero-order valence-electron chi connectivity index (χ0n) is 7.98. The van der Waals surface area contributed by atoms with Crippen LogP contribution in [0.4, 0.5) is 0 Å². The van der Waals surface area contributed by atoms with Crippen LogP contribution in [-0.4, -0.2) is 0 Å². The van der Waals surface area contributed by atoms with Crippen molar-refractivity contribution in [2.45, 2.75) is 5.50 Å². The van der Waals surface area contributed by atoms with Gasteiger partial charge in [0.25, 0.3) is 5.50 Å². The molecule has 0 aliphatic carbocycles. The average molecular weight is 284 g/mol. The molecule has 2 aromatic rings. The first-order chi connectivity index (χ1) is 7.27. The fourth-order valence-corrected chi connectivity index (χ4v) is 1.90. The summed E-state index contributed by atoms with van der Waals surface area (Å²) in [7, 11) is 0. The summed E-state index contributed by atoms with van der Waals surface area (Å²) in [6.45, 7) is 0. The normalized spacial score (nSPS) is 12.4. The number of aromatic nitrogens is 1. The van der Waals surface area contributed by atoms with Crippen molar-refractivity contribution in [2.24, 2.45) is 0 Å². The van der Waals surface area contributed by atoms with E-state index in [0.29, 0.717) is 0 Å². The molecule has 15 heavy (non-hydrogen) atoms. The molecule has 0 aliphatic heterocycles. The smallest absolute Gasteiger partial charge is 0.184 e. The fourth-order valence-electron chi connectivity index (χ4n) is 1.36. The maximum Gasteiger partial charge on any atom is 0.258 e. The zero-order valence-corrected chi connectivity index (χ0v) is 10.3. The third kappa shape index (κ3) is 2.58. The largest absolute Gasteiger partial charge is 0.258 e. The predicted octanol–water partition coefficient (Wildman–Crippen LogP) is 3.52. The molecule has 2 rings (SSSR count). The summed E-state index contributed by atoms with van der Waals surface area (Å²) in [6.07, 6.45) is 3.92. The van der Waals surface area contributed by atoms with E-state index in [1.165, 1.54) is 0 Å². The molecule has 0 fully saturated rings. The van der Waals surface area contributed by atoms with Gasteiger partial charge in [-0.3, -0.25) is 0 Å². The lowest BCUT2D eigenvalue weighted by Gasteiger charge is -2.04. The van der Waals surface area contributed by atoms with Gasteiger partial charge in [-0.25, -0.2) is 0 Å². The quantitative estimate of drug-likeness (QED) is 0.586. The first-order valence-electron chi connectivity index (χ1n) is 4.63. The fraction of sp³-hybridized carbons (Fsp3) is 0.0833. The van der Waals surface area contributed by atoms with E-state index in [2.05, 4.69) is 15.9 Å². The molecule has 0 aliphatic rings. The molecule has 0 bridgehead atoms. The maximum absolute atomic E-state index is 6.33. The van der Waals surface area contributed by atoms with Crippen molar-refractivity contribution in [3.63, 3.8) is 0 Å². The van der Waals surface area contributed by atoms with Gasteiger partial charge in [0, 0.05) is 22.2 Å². The Balaban J connectivity index is 2.29. The Morgan fingerprint density at radius 1 is 1.00 bits per heavy atom. The van der Waals surface area contributed by atoms with Gasteiger partial charge in [-0.2, -0.15) is 4.57 Å². The number of alkyl halides is 1. The maximum atomic E-state index is 6.33. The summed E-state index contributed by atoms with van der Waals surface area (Å²) >= 11 is 9.73. The lowest BCUT2D eigenvalue weighted by molar-refractivity contribution is -0.694. The van der Waals surface area contributed by atoms with E-state index in [9.17, 15) is 0 Å². The molecule has 1 aromatic carbocycles. The van der Waals surface area contributed by atoms with Crippen molar-refractivity contribution < 1.29 is 4.57 Å². The van der Waals surface area contributed by atoms with Crippen molar-refractivity contribution in [1.82, 2.24) is 0 Å². The average Bonchev–Trinajstić information content (AvgIpc) is 2.30. The summed E-state index contributed by atoms with van der Waals surface area (Å²) in [5.74, 6) is 0. The molecule has 0 spiro atoms. The Labute approximate surface area is 102 Å². The lowest BCUT2D eigenvalue weighted by atomic mass is 10.2. The molecule has 1 unspecified atom stereocenters. The lowest BCUT2D eigenvalue weighted by Crippen LogP contribution is -2.35. The second-order valence-corrected chi connectivity index (χ2v) is 4.54. The van der Waals surface area contributed by atoms with Gasteiger partial charge in [-0.05, 0) is 35.9 Å². The zero-order chi connectivity index (χ0) is 10.7. The number of benzene rings is 1. The van der Waals surface area contributed by atoms with E-state index in [1.54, 1.807) is 0 Å². The Morgan fingerprint density at radius 3 is 2.20 bits per heavy atom. The molecular formula is C12H10BrClN+. The van der Waals surface area contributed by atoms with Crippen LogP contribution in [0.25, 0.3) is 0 Å². The summed E-state index contributed by atoms with van der Waals surface area (Å²) in [5, 5.41) is 0. The highest BCUT2D eigenvalue weighted by molar-refractivity contribution is 9.10. The summed E-state index contributed by atoms with van der Waals surface area (Å²) in [5.41, 5.74) is 0.926. The van der Waals surface area contributed by atoms with Crippen LogP contribution in [0, 0.1) is 0 Å². The van der Waals surface area contributed by atoms with Gasteiger partial charge in [0.1, 0.15) is 0 Å². The van der Waals surface area contributed by atoms with Gasteiger partial charge in [0.15, 0.2) is 12.4 Å². The van der Waals surface area contributed by atoms with E-state index >= 15 is 0 Å². The molecule has 1 atom stereocenters. The van der Waals surface area contributed by atoms with Gasteiger partial charge in [-0.1, -0.05) is 22.0 Å². The highest BCUT2D eigenvalue weighted by atomic mass is 79.9. The van der Waals surface area contributed by atoms with Crippen LogP contribution in [0.5, 0.6) is 0 Å². The molecular weight excluding hydrogens is 273 g/mol. The Hall–Kier alpha value is -0.860. The van der Waals surface area contributed by atoms with E-state index in [1.807, 2.05) is 59.4 Å². The molecule has 1 aromatic heterocycles. The van der Waals surface area contributed by atoms with Crippen molar-refractivity contribution in [3.8, 4) is 0 Å². The highest BCUT2D eigenvalue weighted by Crippen LogP contribution is 2.19. The van der Waals surface area contributed by atoms with Crippen molar-refractivity contribution in [3.05, 3.63) is 64.9 Å². The van der Waals surface area contributed by atoms with Crippen LogP contribution in [-0.2, 0) is 0 Å². The number of nitrogens with zero attached hydrogens (tertiary/aromatic N) is 1. The van der Waals surface area contributed by atoms with E-state index < -0.39 is 0 Å². The first kappa shape index (κ1) is 10.7. The Kier molecular flexibility index (Phi) is 3.39.